The predicted octanol–water partition coefficient (Wildman–Crippen LogP) is 7.93. The maximum absolute atomic E-state index is 13.7. The summed E-state index contributed by atoms with van der Waals surface area (Å²) in [5, 5.41) is 3.85. The number of rotatable bonds is 8. The molecule has 2 fully saturated rings. The molecule has 4 nitrogen and oxygen atoms in total. The number of nitrogens with zero attached hydrogens (tertiary/aromatic N) is 2. The van der Waals surface area contributed by atoms with E-state index in [0.29, 0.717) is 11.2 Å². The van der Waals surface area contributed by atoms with Gasteiger partial charge in [-0.25, -0.2) is 9.78 Å². The number of hydrogen-bond acceptors (Lipinski definition) is 3. The van der Waals surface area contributed by atoms with Gasteiger partial charge in [-0.3, -0.25) is 5.32 Å². The van der Waals surface area contributed by atoms with Gasteiger partial charge in [0.2, 0.25) is 0 Å². The third-order valence-corrected chi connectivity index (χ3v) is 8.96. The van der Waals surface area contributed by atoms with Gasteiger partial charge in [-0.2, -0.15) is 0 Å². The number of benzene rings is 3. The van der Waals surface area contributed by atoms with E-state index in [1.807, 2.05) is 18.2 Å². The van der Waals surface area contributed by atoms with Crippen LogP contribution in [0.3, 0.4) is 0 Å². The van der Waals surface area contributed by atoms with Gasteiger partial charge in [0, 0.05) is 18.5 Å². The summed E-state index contributed by atoms with van der Waals surface area (Å²) < 4.78 is 1.10. The number of carbonyl (C=O) groups excluding carboxylic acids is 1. The molecule has 2 atom stereocenters. The largest absolute Gasteiger partial charge is 0.323 e. The zero-order valence-electron chi connectivity index (χ0n) is 20.6. The Morgan fingerprint density at radius 3 is 2.17 bits per heavy atom. The number of anilines is 1. The summed E-state index contributed by atoms with van der Waals surface area (Å²) in [6.07, 6.45) is 7.14. The van der Waals surface area contributed by atoms with Crippen molar-refractivity contribution in [1.29, 1.82) is 0 Å². The third kappa shape index (κ3) is 5.17. The van der Waals surface area contributed by atoms with Crippen molar-refractivity contribution in [2.75, 3.05) is 11.9 Å². The molecule has 1 aromatic heterocycles. The van der Waals surface area contributed by atoms with Crippen LogP contribution < -0.4 is 5.32 Å². The summed E-state index contributed by atoms with van der Waals surface area (Å²) >= 11 is 1.55. The minimum atomic E-state index is -0.00428. The number of thiazole rings is 1. The molecule has 36 heavy (non-hydrogen) atoms. The molecular formula is C31H33N3OS. The van der Waals surface area contributed by atoms with Gasteiger partial charge in [-0.05, 0) is 73.6 Å². The van der Waals surface area contributed by atoms with E-state index < -0.39 is 0 Å². The molecule has 2 saturated carbocycles. The van der Waals surface area contributed by atoms with Crippen LogP contribution in [0.4, 0.5) is 9.93 Å². The highest BCUT2D eigenvalue weighted by Crippen LogP contribution is 2.46. The Kier molecular flexibility index (Phi) is 6.73. The average Bonchev–Trinajstić information content (AvgIpc) is 3.51. The Morgan fingerprint density at radius 1 is 0.861 bits per heavy atom. The summed E-state index contributed by atoms with van der Waals surface area (Å²) in [7, 11) is 0. The molecule has 0 radical (unpaired) electrons. The zero-order valence-corrected chi connectivity index (χ0v) is 21.4. The first-order valence-electron chi connectivity index (χ1n) is 13.3. The monoisotopic (exact) mass is 495 g/mol. The smallest absolute Gasteiger partial charge is 0.321 e. The standard InChI is InChI=1S/C31H33N3OS/c35-31(33-30-32-28-13-7-8-14-29(28)36-30)34(26-18-17-25(21-26)22-15-16-22)20-19-27(23-9-3-1-4-10-23)24-11-5-2-6-12-24/h1-14,22,25-27H,15-21H2,(H,32,33,35). The van der Waals surface area contributed by atoms with E-state index in [4.69, 9.17) is 0 Å². The molecule has 0 bridgehead atoms. The van der Waals surface area contributed by atoms with Gasteiger partial charge in [-0.15, -0.1) is 0 Å². The van der Waals surface area contributed by atoms with Crippen molar-refractivity contribution in [1.82, 2.24) is 9.88 Å². The van der Waals surface area contributed by atoms with Gasteiger partial charge >= 0.3 is 6.03 Å². The predicted molar refractivity (Wildman–Crippen MR) is 149 cm³/mol. The Bertz CT molecular complexity index is 1230. The Morgan fingerprint density at radius 2 is 1.50 bits per heavy atom. The van der Waals surface area contributed by atoms with Crippen LogP contribution >= 0.6 is 11.3 Å². The average molecular weight is 496 g/mol. The van der Waals surface area contributed by atoms with Crippen LogP contribution in [-0.4, -0.2) is 28.5 Å². The first kappa shape index (κ1) is 23.2. The van der Waals surface area contributed by atoms with Crippen molar-refractivity contribution in [2.45, 2.75) is 50.5 Å². The van der Waals surface area contributed by atoms with Gasteiger partial charge in [0.1, 0.15) is 0 Å². The Hall–Kier alpha value is -3.18. The first-order chi connectivity index (χ1) is 17.7. The molecule has 2 amide bonds. The molecule has 4 aromatic rings. The Labute approximate surface area is 217 Å². The summed E-state index contributed by atoms with van der Waals surface area (Å²) in [4.78, 5) is 20.5. The Balaban J connectivity index is 1.23. The lowest BCUT2D eigenvalue weighted by atomic mass is 9.88. The van der Waals surface area contributed by atoms with Gasteiger partial charge < -0.3 is 4.90 Å². The number of aromatic nitrogens is 1. The van der Waals surface area contributed by atoms with Crippen LogP contribution in [0.2, 0.25) is 0 Å². The summed E-state index contributed by atoms with van der Waals surface area (Å²) in [5.41, 5.74) is 3.54. The van der Waals surface area contributed by atoms with Crippen LogP contribution in [0.5, 0.6) is 0 Å². The minimum absolute atomic E-state index is 0.00428. The summed E-state index contributed by atoms with van der Waals surface area (Å²) in [6.45, 7) is 0.729. The maximum atomic E-state index is 13.7. The molecule has 1 N–H and O–H groups in total. The SMILES string of the molecule is O=C(Nc1nc2ccccc2s1)N(CCC(c1ccccc1)c1ccccc1)C1CCC(C2CC2)C1. The second-order valence-corrected chi connectivity index (χ2v) is 11.4. The second kappa shape index (κ2) is 10.4. The summed E-state index contributed by atoms with van der Waals surface area (Å²) in [6, 6.07) is 29.8. The fourth-order valence-corrected chi connectivity index (χ4v) is 6.83. The van der Waals surface area contributed by atoms with Gasteiger partial charge in [0.25, 0.3) is 0 Å². The lowest BCUT2D eigenvalue weighted by Crippen LogP contribution is -2.43. The van der Waals surface area contributed by atoms with Gasteiger partial charge in [-0.1, -0.05) is 84.1 Å². The van der Waals surface area contributed by atoms with E-state index >= 15 is 0 Å². The van der Waals surface area contributed by atoms with Crippen LogP contribution in [0.25, 0.3) is 10.2 Å². The van der Waals surface area contributed by atoms with Crippen LogP contribution in [0.1, 0.15) is 55.6 Å². The van der Waals surface area contributed by atoms with E-state index in [9.17, 15) is 4.79 Å². The van der Waals surface area contributed by atoms with Crippen molar-refractivity contribution >= 4 is 32.7 Å². The molecule has 5 heteroatoms. The quantitative estimate of drug-likeness (QED) is 0.270. The molecule has 0 saturated heterocycles. The highest BCUT2D eigenvalue weighted by Gasteiger charge is 2.39. The number of carbonyl (C=O) groups is 1. The zero-order chi connectivity index (χ0) is 24.3. The summed E-state index contributed by atoms with van der Waals surface area (Å²) in [5.74, 6) is 1.93. The number of nitrogens with one attached hydrogen (secondary N) is 1. The van der Waals surface area contributed by atoms with E-state index in [1.54, 1.807) is 11.3 Å². The van der Waals surface area contributed by atoms with Crippen molar-refractivity contribution in [3.63, 3.8) is 0 Å². The van der Waals surface area contributed by atoms with E-state index in [0.717, 1.165) is 47.9 Å². The van der Waals surface area contributed by atoms with Crippen molar-refractivity contribution in [2.24, 2.45) is 11.8 Å². The maximum Gasteiger partial charge on any atom is 0.323 e. The number of urea groups is 1. The van der Waals surface area contributed by atoms with Crippen LogP contribution in [0.15, 0.2) is 84.9 Å². The van der Waals surface area contributed by atoms with Crippen molar-refractivity contribution in [3.8, 4) is 0 Å². The van der Waals surface area contributed by atoms with Gasteiger partial charge in [0.15, 0.2) is 5.13 Å². The highest BCUT2D eigenvalue weighted by atomic mass is 32.1. The molecule has 2 unspecified atom stereocenters. The van der Waals surface area contributed by atoms with Crippen LogP contribution in [0, 0.1) is 11.8 Å². The van der Waals surface area contributed by atoms with Crippen molar-refractivity contribution in [3.05, 3.63) is 96.1 Å². The minimum Gasteiger partial charge on any atom is -0.321 e. The molecule has 0 aliphatic heterocycles. The van der Waals surface area contributed by atoms with E-state index in [1.165, 1.54) is 30.4 Å². The topological polar surface area (TPSA) is 45.2 Å². The third-order valence-electron chi connectivity index (χ3n) is 8.01. The second-order valence-electron chi connectivity index (χ2n) is 10.3. The molecule has 2 aliphatic rings. The lowest BCUT2D eigenvalue weighted by Gasteiger charge is -2.31. The molecule has 184 valence electrons. The first-order valence-corrected chi connectivity index (χ1v) is 14.1. The molecule has 3 aromatic carbocycles. The van der Waals surface area contributed by atoms with E-state index in [-0.39, 0.29) is 11.9 Å². The number of fused-ring (bicyclic) bond motifs is 1. The van der Waals surface area contributed by atoms with E-state index in [2.05, 4.69) is 81.9 Å². The lowest BCUT2D eigenvalue weighted by molar-refractivity contribution is 0.184. The van der Waals surface area contributed by atoms with Crippen LogP contribution in [-0.2, 0) is 0 Å². The normalized spacial score (nSPS) is 19.6. The fraction of sp³-hybridized carbons (Fsp3) is 0.355. The number of para-hydroxylation sites is 1. The fourth-order valence-electron chi connectivity index (χ4n) is 5.97. The molecule has 6 rings (SSSR count). The molecule has 0 spiro atoms. The highest BCUT2D eigenvalue weighted by molar-refractivity contribution is 7.22. The number of amides is 2. The molecule has 2 aliphatic carbocycles. The van der Waals surface area contributed by atoms with Crippen molar-refractivity contribution < 1.29 is 4.79 Å². The molecule has 1 heterocycles. The van der Waals surface area contributed by atoms with Gasteiger partial charge in [0.05, 0.1) is 10.2 Å². The number of hydrogen-bond donors (Lipinski definition) is 1. The molecular weight excluding hydrogens is 462 g/mol.